The molecule has 1 aromatic carbocycles. The average Bonchev–Trinajstić information content (AvgIpc) is 3.10. The maximum absolute atomic E-state index is 12.2. The van der Waals surface area contributed by atoms with Crippen LogP contribution < -0.4 is 4.74 Å². The van der Waals surface area contributed by atoms with Gasteiger partial charge in [-0.2, -0.15) is 0 Å². The number of aryl methyl sites for hydroxylation is 1. The van der Waals surface area contributed by atoms with E-state index in [1.54, 1.807) is 17.2 Å². The fourth-order valence-corrected chi connectivity index (χ4v) is 2.95. The van der Waals surface area contributed by atoms with Gasteiger partial charge < -0.3 is 29.9 Å². The quantitative estimate of drug-likeness (QED) is 0.495. The first-order valence-electron chi connectivity index (χ1n) is 8.48. The number of carbonyl (C=O) groups excluding carboxylic acids is 1. The van der Waals surface area contributed by atoms with Gasteiger partial charge >= 0.3 is 13.1 Å². The van der Waals surface area contributed by atoms with Crippen molar-refractivity contribution in [3.05, 3.63) is 35.5 Å². The number of aromatic hydroxyl groups is 1. The summed E-state index contributed by atoms with van der Waals surface area (Å²) in [5.74, 6) is -1.98. The number of carboxylic acids is 1. The molecular weight excluding hydrogens is 355 g/mol. The number of phenols is 1. The first kappa shape index (κ1) is 18.9. The monoisotopic (exact) mass is 374 g/mol. The highest BCUT2D eigenvalue weighted by Crippen LogP contribution is 2.34. The van der Waals surface area contributed by atoms with E-state index >= 15 is 0 Å². The van der Waals surface area contributed by atoms with Gasteiger partial charge in [-0.05, 0) is 24.4 Å². The lowest BCUT2D eigenvalue weighted by Gasteiger charge is -2.39. The van der Waals surface area contributed by atoms with Crippen LogP contribution in [0.4, 0.5) is 0 Å². The smallest absolute Gasteiger partial charge is 0.451 e. The van der Waals surface area contributed by atoms with Crippen LogP contribution in [0.15, 0.2) is 29.4 Å². The Labute approximate surface area is 155 Å². The van der Waals surface area contributed by atoms with Gasteiger partial charge in [0.15, 0.2) is 0 Å². The van der Waals surface area contributed by atoms with Gasteiger partial charge in [0.2, 0.25) is 0 Å². The molecule has 3 rings (SSSR count). The molecule has 1 amide bonds. The standard InChI is InChI=1S/C17H19BN2O7/c21-15-10(5-6-18(25)26)3-4-13(14(15)17(23)24)27-11-8-20(9-11)16(22)12-2-1-7-19-12/h1,3-4,7,11,21,25-26H,2,5-6,8-9H2,(H,23,24). The third kappa shape index (κ3) is 4.12. The van der Waals surface area contributed by atoms with Gasteiger partial charge in [0.25, 0.3) is 5.91 Å². The SMILES string of the molecule is O=C(O)c1c(OC2CN(C(=O)C3=NC=CC3)C2)ccc(CCB(O)O)c1O. The number of hydrogen-bond acceptors (Lipinski definition) is 7. The molecule has 0 saturated carbocycles. The number of aliphatic imine (C=N–C) groups is 1. The number of allylic oxidation sites excluding steroid dienone is 1. The summed E-state index contributed by atoms with van der Waals surface area (Å²) in [6.07, 6.45) is 3.56. The Kier molecular flexibility index (Phi) is 5.47. The molecule has 10 heteroatoms. The van der Waals surface area contributed by atoms with E-state index in [0.717, 1.165) is 0 Å². The number of rotatable bonds is 7. The second kappa shape index (κ2) is 7.81. The van der Waals surface area contributed by atoms with Crippen LogP contribution in [0.25, 0.3) is 0 Å². The van der Waals surface area contributed by atoms with Gasteiger partial charge in [-0.1, -0.05) is 12.1 Å². The highest BCUT2D eigenvalue weighted by molar-refractivity contribution is 6.41. The lowest BCUT2D eigenvalue weighted by atomic mass is 9.82. The fourth-order valence-electron chi connectivity index (χ4n) is 2.95. The predicted molar refractivity (Wildman–Crippen MR) is 96.0 cm³/mol. The van der Waals surface area contributed by atoms with Gasteiger partial charge in [-0.3, -0.25) is 9.79 Å². The van der Waals surface area contributed by atoms with E-state index in [0.29, 0.717) is 25.2 Å². The van der Waals surface area contributed by atoms with Crippen molar-refractivity contribution in [2.24, 2.45) is 4.99 Å². The molecule has 1 aromatic rings. The molecule has 142 valence electrons. The molecule has 0 unspecified atom stereocenters. The summed E-state index contributed by atoms with van der Waals surface area (Å²) < 4.78 is 5.66. The van der Waals surface area contributed by atoms with Crippen molar-refractivity contribution in [3.63, 3.8) is 0 Å². The molecule has 1 fully saturated rings. The topological polar surface area (TPSA) is 140 Å². The highest BCUT2D eigenvalue weighted by Gasteiger charge is 2.35. The minimum Gasteiger partial charge on any atom is -0.507 e. The second-order valence-electron chi connectivity index (χ2n) is 6.39. The van der Waals surface area contributed by atoms with Crippen LogP contribution in [0.5, 0.6) is 11.5 Å². The molecule has 2 aliphatic rings. The Morgan fingerprint density at radius 2 is 2.04 bits per heavy atom. The number of aromatic carboxylic acids is 1. The molecule has 0 aromatic heterocycles. The van der Waals surface area contributed by atoms with E-state index in [4.69, 9.17) is 14.8 Å². The van der Waals surface area contributed by atoms with Crippen molar-refractivity contribution >= 4 is 24.7 Å². The zero-order valence-corrected chi connectivity index (χ0v) is 14.4. The third-order valence-corrected chi connectivity index (χ3v) is 4.43. The van der Waals surface area contributed by atoms with Gasteiger partial charge in [0.1, 0.15) is 28.9 Å². The molecule has 0 radical (unpaired) electrons. The van der Waals surface area contributed by atoms with Crippen LogP contribution in [0.2, 0.25) is 6.32 Å². The zero-order valence-electron chi connectivity index (χ0n) is 14.4. The largest absolute Gasteiger partial charge is 0.507 e. The maximum atomic E-state index is 12.2. The predicted octanol–water partition coefficient (Wildman–Crippen LogP) is 0.0537. The Balaban J connectivity index is 1.66. The number of hydrogen-bond donors (Lipinski definition) is 4. The van der Waals surface area contributed by atoms with E-state index in [-0.39, 0.29) is 41.6 Å². The lowest BCUT2D eigenvalue weighted by molar-refractivity contribution is -0.132. The Bertz CT molecular complexity index is 816. The molecule has 0 spiro atoms. The van der Waals surface area contributed by atoms with Gasteiger partial charge in [-0.15, -0.1) is 0 Å². The van der Waals surface area contributed by atoms with Crippen molar-refractivity contribution < 1.29 is 34.6 Å². The second-order valence-corrected chi connectivity index (χ2v) is 6.39. The Morgan fingerprint density at radius 1 is 1.30 bits per heavy atom. The van der Waals surface area contributed by atoms with Crippen molar-refractivity contribution in [1.29, 1.82) is 0 Å². The molecule has 0 atom stereocenters. The lowest BCUT2D eigenvalue weighted by Crippen LogP contribution is -2.57. The summed E-state index contributed by atoms with van der Waals surface area (Å²) in [6.45, 7) is 0.603. The van der Waals surface area contributed by atoms with Gasteiger partial charge in [0, 0.05) is 12.6 Å². The number of amides is 1. The molecule has 0 bridgehead atoms. The summed E-state index contributed by atoms with van der Waals surface area (Å²) in [7, 11) is -1.55. The summed E-state index contributed by atoms with van der Waals surface area (Å²) in [6, 6.07) is 2.91. The number of carbonyl (C=O) groups is 2. The molecular formula is C17H19BN2O7. The van der Waals surface area contributed by atoms with Crippen LogP contribution in [0, 0.1) is 0 Å². The van der Waals surface area contributed by atoms with Crippen LogP contribution in [0.1, 0.15) is 22.3 Å². The summed E-state index contributed by atoms with van der Waals surface area (Å²) >= 11 is 0. The fraction of sp³-hybridized carbons (Fsp3) is 0.353. The number of likely N-dealkylation sites (tertiary alicyclic amines) is 1. The summed E-state index contributed by atoms with van der Waals surface area (Å²) in [5.41, 5.74) is 0.367. The first-order chi connectivity index (χ1) is 12.9. The van der Waals surface area contributed by atoms with Crippen molar-refractivity contribution in [1.82, 2.24) is 4.90 Å². The van der Waals surface area contributed by atoms with E-state index in [9.17, 15) is 19.8 Å². The zero-order chi connectivity index (χ0) is 19.6. The molecule has 2 heterocycles. The third-order valence-electron chi connectivity index (χ3n) is 4.43. The van der Waals surface area contributed by atoms with Crippen LogP contribution >= 0.6 is 0 Å². The summed E-state index contributed by atoms with van der Waals surface area (Å²) in [5, 5.41) is 37.5. The van der Waals surface area contributed by atoms with Crippen LogP contribution in [-0.2, 0) is 11.2 Å². The van der Waals surface area contributed by atoms with Crippen molar-refractivity contribution in [2.45, 2.75) is 25.3 Å². The average molecular weight is 374 g/mol. The van der Waals surface area contributed by atoms with Gasteiger partial charge in [0.05, 0.1) is 13.1 Å². The molecule has 1 saturated heterocycles. The first-order valence-corrected chi connectivity index (χ1v) is 8.48. The molecule has 27 heavy (non-hydrogen) atoms. The van der Waals surface area contributed by atoms with Crippen LogP contribution in [-0.4, -0.2) is 69.1 Å². The van der Waals surface area contributed by atoms with E-state index in [2.05, 4.69) is 4.99 Å². The minimum absolute atomic E-state index is 0.00488. The van der Waals surface area contributed by atoms with E-state index < -0.39 is 18.8 Å². The van der Waals surface area contributed by atoms with Crippen molar-refractivity contribution in [3.8, 4) is 11.5 Å². The normalized spacial score (nSPS) is 16.1. The number of benzene rings is 1. The van der Waals surface area contributed by atoms with Gasteiger partial charge in [-0.25, -0.2) is 4.79 Å². The Hall–Kier alpha value is -2.85. The number of ether oxygens (including phenoxy) is 1. The number of carboxylic acid groups (broad SMARTS) is 1. The molecule has 4 N–H and O–H groups in total. The van der Waals surface area contributed by atoms with Crippen LogP contribution in [0.3, 0.4) is 0 Å². The van der Waals surface area contributed by atoms with E-state index in [1.165, 1.54) is 12.1 Å². The highest BCUT2D eigenvalue weighted by atomic mass is 16.5. The van der Waals surface area contributed by atoms with E-state index in [1.807, 2.05) is 0 Å². The Morgan fingerprint density at radius 3 is 2.63 bits per heavy atom. The minimum atomic E-state index is -1.55. The number of nitrogens with zero attached hydrogens (tertiary/aromatic N) is 2. The summed E-state index contributed by atoms with van der Waals surface area (Å²) in [4.78, 5) is 29.2. The molecule has 2 aliphatic heterocycles. The van der Waals surface area contributed by atoms with Crippen molar-refractivity contribution in [2.75, 3.05) is 13.1 Å². The molecule has 9 nitrogen and oxygen atoms in total. The maximum Gasteiger partial charge on any atom is 0.451 e. The molecule has 0 aliphatic carbocycles.